The van der Waals surface area contributed by atoms with Gasteiger partial charge in [0.2, 0.25) is 0 Å². The Morgan fingerprint density at radius 3 is 2.56 bits per heavy atom. The van der Waals surface area contributed by atoms with E-state index in [1.54, 1.807) is 13.3 Å². The van der Waals surface area contributed by atoms with Gasteiger partial charge in [0.25, 0.3) is 5.91 Å². The summed E-state index contributed by atoms with van der Waals surface area (Å²) >= 11 is 0. The third-order valence-electron chi connectivity index (χ3n) is 4.44. The van der Waals surface area contributed by atoms with Gasteiger partial charge < -0.3 is 15.0 Å². The smallest absolute Gasteiger partial charge is 0.255 e. The first-order valence-corrected chi connectivity index (χ1v) is 8.35. The van der Waals surface area contributed by atoms with Crippen LogP contribution in [0.4, 0.5) is 11.5 Å². The molecule has 1 aromatic heterocycles. The van der Waals surface area contributed by atoms with Crippen LogP contribution < -0.4 is 10.1 Å². The van der Waals surface area contributed by atoms with Crippen molar-refractivity contribution >= 4 is 29.8 Å². The number of hydrogen-bond donors (Lipinski definition) is 1. The minimum absolute atomic E-state index is 0. The van der Waals surface area contributed by atoms with Crippen molar-refractivity contribution in [2.75, 3.05) is 19.0 Å². The molecular formula is C19H24ClN3O2. The monoisotopic (exact) mass is 361 g/mol. The van der Waals surface area contributed by atoms with Crippen molar-refractivity contribution in [2.24, 2.45) is 0 Å². The highest BCUT2D eigenvalue weighted by Gasteiger charge is 2.24. The predicted octanol–water partition coefficient (Wildman–Crippen LogP) is 4.27. The highest BCUT2D eigenvalue weighted by molar-refractivity contribution is 5.94. The number of amides is 1. The molecule has 1 N–H and O–H groups in total. The van der Waals surface area contributed by atoms with Gasteiger partial charge in [0.05, 0.1) is 12.7 Å². The maximum Gasteiger partial charge on any atom is 0.255 e. The second-order valence-corrected chi connectivity index (χ2v) is 6.13. The van der Waals surface area contributed by atoms with Crippen LogP contribution in [-0.4, -0.2) is 35.5 Å². The Hall–Kier alpha value is -2.27. The molecule has 3 rings (SSSR count). The molecule has 0 bridgehead atoms. The number of carbonyl (C=O) groups excluding carboxylic acids is 1. The Morgan fingerprint density at radius 1 is 1.20 bits per heavy atom. The molecule has 5 nitrogen and oxygen atoms in total. The maximum atomic E-state index is 12.6. The number of nitrogens with one attached hydrogen (secondary N) is 1. The van der Waals surface area contributed by atoms with Gasteiger partial charge in [0.1, 0.15) is 11.6 Å². The fraction of sp³-hybridized carbons (Fsp3) is 0.368. The second kappa shape index (κ2) is 8.72. The first-order chi connectivity index (χ1) is 11.7. The van der Waals surface area contributed by atoms with Crippen LogP contribution >= 0.6 is 12.4 Å². The molecule has 1 atom stereocenters. The maximum absolute atomic E-state index is 12.6. The number of halogens is 1. The third kappa shape index (κ3) is 4.63. The quantitative estimate of drug-likeness (QED) is 0.883. The molecule has 1 amide bonds. The number of carbonyl (C=O) groups is 1. The van der Waals surface area contributed by atoms with Crippen molar-refractivity contribution in [3.63, 3.8) is 0 Å². The van der Waals surface area contributed by atoms with Crippen LogP contribution in [0.25, 0.3) is 0 Å². The van der Waals surface area contributed by atoms with Gasteiger partial charge in [-0.3, -0.25) is 4.79 Å². The Kier molecular flexibility index (Phi) is 6.65. The fourth-order valence-corrected chi connectivity index (χ4v) is 2.98. The number of aromatic nitrogens is 1. The van der Waals surface area contributed by atoms with Crippen molar-refractivity contribution in [1.82, 2.24) is 9.88 Å². The van der Waals surface area contributed by atoms with Crippen molar-refractivity contribution < 1.29 is 9.53 Å². The molecule has 0 saturated carbocycles. The van der Waals surface area contributed by atoms with Crippen molar-refractivity contribution in [2.45, 2.75) is 32.2 Å². The van der Waals surface area contributed by atoms with Gasteiger partial charge in [0.15, 0.2) is 0 Å². The lowest BCUT2D eigenvalue weighted by atomic mass is 10.0. The van der Waals surface area contributed by atoms with Crippen LogP contribution in [0.15, 0.2) is 42.6 Å². The molecule has 0 radical (unpaired) electrons. The van der Waals surface area contributed by atoms with E-state index in [0.29, 0.717) is 17.4 Å². The third-order valence-corrected chi connectivity index (χ3v) is 4.44. The average Bonchev–Trinajstić information content (AvgIpc) is 2.63. The summed E-state index contributed by atoms with van der Waals surface area (Å²) in [5.74, 6) is 1.60. The van der Waals surface area contributed by atoms with Crippen molar-refractivity contribution in [3.05, 3.63) is 48.2 Å². The lowest BCUT2D eigenvalue weighted by Gasteiger charge is -2.33. The number of nitrogens with zero attached hydrogens (tertiary/aromatic N) is 2. The van der Waals surface area contributed by atoms with Crippen LogP contribution in [0, 0.1) is 0 Å². The number of piperidine rings is 1. The summed E-state index contributed by atoms with van der Waals surface area (Å²) in [6.07, 6.45) is 5.01. The van der Waals surface area contributed by atoms with Gasteiger partial charge in [-0.25, -0.2) is 4.98 Å². The Balaban J connectivity index is 0.00000225. The zero-order valence-electron chi connectivity index (χ0n) is 14.6. The molecule has 1 saturated heterocycles. The van der Waals surface area contributed by atoms with Crippen molar-refractivity contribution in [3.8, 4) is 5.75 Å². The zero-order chi connectivity index (χ0) is 16.9. The van der Waals surface area contributed by atoms with E-state index in [1.165, 1.54) is 6.42 Å². The highest BCUT2D eigenvalue weighted by Crippen LogP contribution is 2.21. The molecule has 1 unspecified atom stereocenters. The summed E-state index contributed by atoms with van der Waals surface area (Å²) in [6.45, 7) is 2.95. The summed E-state index contributed by atoms with van der Waals surface area (Å²) in [7, 11) is 1.64. The Morgan fingerprint density at radius 2 is 1.96 bits per heavy atom. The van der Waals surface area contributed by atoms with Gasteiger partial charge in [-0.15, -0.1) is 12.4 Å². The highest BCUT2D eigenvalue weighted by atomic mass is 35.5. The number of hydrogen-bond acceptors (Lipinski definition) is 4. The number of anilines is 2. The SMILES string of the molecule is COc1ccc(Nc2ccc(C(=O)N3CCCCC3C)cn2)cc1.Cl. The van der Waals surface area contributed by atoms with E-state index >= 15 is 0 Å². The standard InChI is InChI=1S/C19H23N3O2.ClH/c1-14-5-3-4-12-22(14)19(23)15-6-11-18(20-13-15)21-16-7-9-17(24-2)10-8-16;/h6-11,13-14H,3-5,12H2,1-2H3,(H,20,21);1H. The van der Waals surface area contributed by atoms with Crippen LogP contribution in [0.1, 0.15) is 36.5 Å². The zero-order valence-corrected chi connectivity index (χ0v) is 15.4. The summed E-state index contributed by atoms with van der Waals surface area (Å²) in [5, 5.41) is 3.22. The lowest BCUT2D eigenvalue weighted by molar-refractivity contribution is 0.0635. The number of ether oxygens (including phenoxy) is 1. The minimum atomic E-state index is 0. The lowest BCUT2D eigenvalue weighted by Crippen LogP contribution is -2.42. The summed E-state index contributed by atoms with van der Waals surface area (Å²) in [4.78, 5) is 18.9. The molecule has 1 aromatic carbocycles. The number of pyridine rings is 1. The molecule has 0 spiro atoms. The minimum Gasteiger partial charge on any atom is -0.497 e. The normalized spacial score (nSPS) is 16.7. The molecule has 2 heterocycles. The topological polar surface area (TPSA) is 54.5 Å². The van der Waals surface area contributed by atoms with Gasteiger partial charge in [-0.2, -0.15) is 0 Å². The molecule has 2 aromatic rings. The van der Waals surface area contributed by atoms with E-state index in [1.807, 2.05) is 41.3 Å². The molecular weight excluding hydrogens is 338 g/mol. The molecule has 1 aliphatic heterocycles. The number of benzene rings is 1. The van der Waals surface area contributed by atoms with E-state index in [9.17, 15) is 4.79 Å². The van der Waals surface area contributed by atoms with Gasteiger partial charge in [-0.05, 0) is 62.6 Å². The Bertz CT molecular complexity index is 689. The summed E-state index contributed by atoms with van der Waals surface area (Å²) in [5.41, 5.74) is 1.57. The average molecular weight is 362 g/mol. The summed E-state index contributed by atoms with van der Waals surface area (Å²) < 4.78 is 5.14. The second-order valence-electron chi connectivity index (χ2n) is 6.13. The largest absolute Gasteiger partial charge is 0.497 e. The first-order valence-electron chi connectivity index (χ1n) is 8.35. The predicted molar refractivity (Wildman–Crippen MR) is 102 cm³/mol. The molecule has 1 fully saturated rings. The number of methoxy groups -OCH3 is 1. The van der Waals surface area contributed by atoms with Gasteiger partial charge in [-0.1, -0.05) is 0 Å². The molecule has 134 valence electrons. The molecule has 0 aliphatic carbocycles. The molecule has 1 aliphatic rings. The fourth-order valence-electron chi connectivity index (χ4n) is 2.98. The van der Waals surface area contributed by atoms with E-state index < -0.39 is 0 Å². The molecule has 25 heavy (non-hydrogen) atoms. The first kappa shape index (κ1) is 19.1. The van der Waals surface area contributed by atoms with Crippen LogP contribution in [-0.2, 0) is 0 Å². The number of rotatable bonds is 4. The Labute approximate surface area is 154 Å². The summed E-state index contributed by atoms with van der Waals surface area (Å²) in [6, 6.07) is 11.6. The van der Waals surface area contributed by atoms with Crippen molar-refractivity contribution in [1.29, 1.82) is 0 Å². The van der Waals surface area contributed by atoms with E-state index in [4.69, 9.17) is 4.74 Å². The van der Waals surface area contributed by atoms with E-state index in [0.717, 1.165) is 30.8 Å². The molecule has 6 heteroatoms. The van der Waals surface area contributed by atoms with Crippen LogP contribution in [0.5, 0.6) is 5.75 Å². The van der Waals surface area contributed by atoms with Crippen LogP contribution in [0.2, 0.25) is 0 Å². The van der Waals surface area contributed by atoms with Crippen LogP contribution in [0.3, 0.4) is 0 Å². The van der Waals surface area contributed by atoms with E-state index in [-0.39, 0.29) is 18.3 Å². The van der Waals surface area contributed by atoms with E-state index in [2.05, 4.69) is 17.2 Å². The van der Waals surface area contributed by atoms with Gasteiger partial charge >= 0.3 is 0 Å². The number of likely N-dealkylation sites (tertiary alicyclic amines) is 1. The van der Waals surface area contributed by atoms with Gasteiger partial charge in [0, 0.05) is 24.5 Å².